The lowest BCUT2D eigenvalue weighted by molar-refractivity contribution is -0.138. The largest absolute Gasteiger partial charge is 0.481 e. The van der Waals surface area contributed by atoms with Gasteiger partial charge in [-0.1, -0.05) is 13.0 Å². The summed E-state index contributed by atoms with van der Waals surface area (Å²) in [4.78, 5) is 39.5. The standard InChI is InChI=1S/C19H23N5O5/c1-2-11-6-7-29-17(11)14(9-16(26)27)24-15(25)10-22-18(28)12-4-3-5-13(8-12)23-19(20)21/h3-8,14H,2,9-10H2,1H3,(H,22,28)(H,24,25)(H,26,27)(H4,20,21,23). The van der Waals surface area contributed by atoms with E-state index in [0.717, 1.165) is 5.56 Å². The van der Waals surface area contributed by atoms with Crippen LogP contribution in [0.4, 0.5) is 5.69 Å². The number of carboxylic acids is 1. The number of furan rings is 1. The highest BCUT2D eigenvalue weighted by Gasteiger charge is 2.23. The summed E-state index contributed by atoms with van der Waals surface area (Å²) in [5.74, 6) is -1.90. The van der Waals surface area contributed by atoms with Crippen molar-refractivity contribution in [3.8, 4) is 0 Å². The van der Waals surface area contributed by atoms with Crippen LogP contribution in [-0.2, 0) is 16.0 Å². The van der Waals surface area contributed by atoms with Gasteiger partial charge in [-0.05, 0) is 36.2 Å². The normalized spacial score (nSPS) is 11.3. The molecule has 0 spiro atoms. The summed E-state index contributed by atoms with van der Waals surface area (Å²) in [6, 6.07) is 7.12. The molecule has 0 bridgehead atoms. The summed E-state index contributed by atoms with van der Waals surface area (Å²) in [6.45, 7) is 1.55. The maximum atomic E-state index is 12.3. The lowest BCUT2D eigenvalue weighted by Crippen LogP contribution is -2.39. The highest BCUT2D eigenvalue weighted by molar-refractivity contribution is 5.97. The van der Waals surface area contributed by atoms with E-state index in [1.165, 1.54) is 12.3 Å². The number of guanidine groups is 1. The second kappa shape index (κ2) is 9.93. The van der Waals surface area contributed by atoms with Gasteiger partial charge in [-0.15, -0.1) is 0 Å². The number of aryl methyl sites for hydroxylation is 1. The summed E-state index contributed by atoms with van der Waals surface area (Å²) >= 11 is 0. The molecule has 0 saturated heterocycles. The molecule has 2 rings (SSSR count). The van der Waals surface area contributed by atoms with Gasteiger partial charge in [0.1, 0.15) is 5.76 Å². The van der Waals surface area contributed by atoms with E-state index in [-0.39, 0.29) is 24.5 Å². The Morgan fingerprint density at radius 3 is 2.66 bits per heavy atom. The molecule has 0 aliphatic heterocycles. The molecular formula is C19H23N5O5. The number of aliphatic imine (C=N–C) groups is 1. The van der Waals surface area contributed by atoms with Crippen LogP contribution in [0.15, 0.2) is 46.0 Å². The highest BCUT2D eigenvalue weighted by Crippen LogP contribution is 2.23. The van der Waals surface area contributed by atoms with Gasteiger partial charge in [0.25, 0.3) is 5.91 Å². The lowest BCUT2D eigenvalue weighted by Gasteiger charge is -2.16. The molecule has 29 heavy (non-hydrogen) atoms. The van der Waals surface area contributed by atoms with E-state index < -0.39 is 23.8 Å². The van der Waals surface area contributed by atoms with E-state index >= 15 is 0 Å². The zero-order chi connectivity index (χ0) is 21.4. The van der Waals surface area contributed by atoms with Crippen LogP contribution in [0.5, 0.6) is 0 Å². The van der Waals surface area contributed by atoms with Gasteiger partial charge in [0.2, 0.25) is 5.91 Å². The molecule has 10 nitrogen and oxygen atoms in total. The number of benzene rings is 1. The molecule has 2 amide bonds. The van der Waals surface area contributed by atoms with E-state index in [1.807, 2.05) is 6.92 Å². The monoisotopic (exact) mass is 401 g/mol. The molecule has 0 aliphatic rings. The predicted molar refractivity (Wildman–Crippen MR) is 105 cm³/mol. The van der Waals surface area contributed by atoms with Crippen LogP contribution in [0.25, 0.3) is 0 Å². The number of amides is 2. The van der Waals surface area contributed by atoms with Gasteiger partial charge >= 0.3 is 5.97 Å². The highest BCUT2D eigenvalue weighted by atomic mass is 16.4. The number of carbonyl (C=O) groups excluding carboxylic acids is 2. The van der Waals surface area contributed by atoms with Crippen molar-refractivity contribution >= 4 is 29.4 Å². The number of hydrogen-bond donors (Lipinski definition) is 5. The maximum absolute atomic E-state index is 12.3. The Morgan fingerprint density at radius 1 is 1.24 bits per heavy atom. The molecule has 1 aromatic carbocycles. The van der Waals surface area contributed by atoms with Gasteiger partial charge < -0.3 is 31.6 Å². The van der Waals surface area contributed by atoms with Crippen molar-refractivity contribution < 1.29 is 23.9 Å². The van der Waals surface area contributed by atoms with E-state index in [9.17, 15) is 14.4 Å². The Hall–Kier alpha value is -3.82. The average Bonchev–Trinajstić information content (AvgIpc) is 3.13. The summed E-state index contributed by atoms with van der Waals surface area (Å²) in [5.41, 5.74) is 12.1. The Labute approximate surface area is 167 Å². The summed E-state index contributed by atoms with van der Waals surface area (Å²) in [7, 11) is 0. The van der Waals surface area contributed by atoms with Crippen molar-refractivity contribution in [2.45, 2.75) is 25.8 Å². The minimum atomic E-state index is -1.09. The first-order chi connectivity index (χ1) is 13.8. The number of hydrogen-bond acceptors (Lipinski definition) is 5. The van der Waals surface area contributed by atoms with Crippen LogP contribution >= 0.6 is 0 Å². The molecule has 0 fully saturated rings. The van der Waals surface area contributed by atoms with Crippen molar-refractivity contribution in [3.05, 3.63) is 53.5 Å². The second-order valence-electron chi connectivity index (χ2n) is 6.15. The maximum Gasteiger partial charge on any atom is 0.305 e. The van der Waals surface area contributed by atoms with Gasteiger partial charge in [-0.2, -0.15) is 0 Å². The summed E-state index contributed by atoms with van der Waals surface area (Å²) in [5, 5.41) is 14.2. The number of nitrogens with one attached hydrogen (secondary N) is 2. The molecular weight excluding hydrogens is 378 g/mol. The fourth-order valence-corrected chi connectivity index (χ4v) is 2.70. The van der Waals surface area contributed by atoms with Gasteiger partial charge in [-0.25, -0.2) is 4.99 Å². The van der Waals surface area contributed by atoms with Crippen LogP contribution in [0.2, 0.25) is 0 Å². The quantitative estimate of drug-likeness (QED) is 0.305. The summed E-state index contributed by atoms with van der Waals surface area (Å²) < 4.78 is 5.36. The molecule has 2 aromatic rings. The van der Waals surface area contributed by atoms with E-state index in [1.54, 1.807) is 24.3 Å². The third kappa shape index (κ3) is 6.38. The van der Waals surface area contributed by atoms with Gasteiger partial charge in [0, 0.05) is 5.56 Å². The fraction of sp³-hybridized carbons (Fsp3) is 0.263. The molecule has 0 aliphatic carbocycles. The molecule has 1 aromatic heterocycles. The van der Waals surface area contributed by atoms with Crippen LogP contribution in [0, 0.1) is 0 Å². The summed E-state index contributed by atoms with van der Waals surface area (Å²) in [6.07, 6.45) is 1.72. The first-order valence-electron chi connectivity index (χ1n) is 8.85. The number of aliphatic carboxylic acids is 1. The van der Waals surface area contributed by atoms with Crippen LogP contribution < -0.4 is 22.1 Å². The Bertz CT molecular complexity index is 917. The molecule has 7 N–H and O–H groups in total. The van der Waals surface area contributed by atoms with Crippen molar-refractivity contribution in [2.75, 3.05) is 6.54 Å². The molecule has 1 unspecified atom stereocenters. The van der Waals surface area contributed by atoms with Crippen molar-refractivity contribution in [3.63, 3.8) is 0 Å². The lowest BCUT2D eigenvalue weighted by atomic mass is 10.1. The molecule has 10 heteroatoms. The van der Waals surface area contributed by atoms with E-state index in [4.69, 9.17) is 21.0 Å². The van der Waals surface area contributed by atoms with Gasteiger partial charge in [-0.3, -0.25) is 14.4 Å². The fourth-order valence-electron chi connectivity index (χ4n) is 2.70. The van der Waals surface area contributed by atoms with Crippen LogP contribution in [0.1, 0.15) is 41.1 Å². The molecule has 0 saturated carbocycles. The van der Waals surface area contributed by atoms with E-state index in [2.05, 4.69) is 15.6 Å². The first-order valence-corrected chi connectivity index (χ1v) is 8.85. The number of carbonyl (C=O) groups is 3. The Balaban J connectivity index is 2.01. The first kappa shape index (κ1) is 21.5. The number of rotatable bonds is 9. The molecule has 154 valence electrons. The second-order valence-corrected chi connectivity index (χ2v) is 6.15. The number of nitrogens with zero attached hydrogens (tertiary/aromatic N) is 1. The minimum Gasteiger partial charge on any atom is -0.481 e. The minimum absolute atomic E-state index is 0.143. The van der Waals surface area contributed by atoms with Crippen LogP contribution in [-0.4, -0.2) is 35.4 Å². The molecule has 0 radical (unpaired) electrons. The van der Waals surface area contributed by atoms with E-state index in [0.29, 0.717) is 17.9 Å². The van der Waals surface area contributed by atoms with Crippen LogP contribution in [0.3, 0.4) is 0 Å². The third-order valence-electron chi connectivity index (χ3n) is 3.97. The smallest absolute Gasteiger partial charge is 0.305 e. The number of nitrogens with two attached hydrogens (primary N) is 2. The SMILES string of the molecule is CCc1ccoc1C(CC(=O)O)NC(=O)CNC(=O)c1cccc(N=C(N)N)c1. The van der Waals surface area contributed by atoms with Crippen molar-refractivity contribution in [1.82, 2.24) is 10.6 Å². The Kier molecular flexibility index (Phi) is 7.35. The van der Waals surface area contributed by atoms with Gasteiger partial charge in [0.15, 0.2) is 5.96 Å². The molecule has 1 atom stereocenters. The van der Waals surface area contributed by atoms with Gasteiger partial charge in [0.05, 0.1) is 31.0 Å². The predicted octanol–water partition coefficient (Wildman–Crippen LogP) is 0.809. The van der Waals surface area contributed by atoms with Crippen molar-refractivity contribution in [2.24, 2.45) is 16.5 Å². The Morgan fingerprint density at radius 2 is 2.00 bits per heavy atom. The number of carboxylic acid groups (broad SMARTS) is 1. The topological polar surface area (TPSA) is 173 Å². The zero-order valence-corrected chi connectivity index (χ0v) is 15.8. The zero-order valence-electron chi connectivity index (χ0n) is 15.8. The average molecular weight is 401 g/mol. The van der Waals surface area contributed by atoms with Crippen molar-refractivity contribution in [1.29, 1.82) is 0 Å². The molecule has 1 heterocycles. The third-order valence-corrected chi connectivity index (χ3v) is 3.97.